The van der Waals surface area contributed by atoms with Crippen LogP contribution in [0.3, 0.4) is 0 Å². The predicted molar refractivity (Wildman–Crippen MR) is 50.7 cm³/mol. The van der Waals surface area contributed by atoms with Crippen molar-refractivity contribution in [1.82, 2.24) is 0 Å². The molecule has 0 aromatic carbocycles. The average Bonchev–Trinajstić information content (AvgIpc) is 2.58. The second-order valence-electron chi connectivity index (χ2n) is 4.86. The van der Waals surface area contributed by atoms with Gasteiger partial charge in [0.05, 0.1) is 12.5 Å². The van der Waals surface area contributed by atoms with Gasteiger partial charge in [-0.2, -0.15) is 5.26 Å². The molecule has 5 atom stereocenters. The number of allylic oxidation sites excluding steroid dienone is 2. The lowest BCUT2D eigenvalue weighted by Gasteiger charge is -2.04. The van der Waals surface area contributed by atoms with Gasteiger partial charge >= 0.3 is 0 Å². The molecule has 0 spiro atoms. The van der Waals surface area contributed by atoms with Gasteiger partial charge in [-0.15, -0.1) is 0 Å². The zero-order valence-corrected chi connectivity index (χ0v) is 7.82. The predicted octanol–water partition coefficient (Wildman–Crippen LogP) is 2.75. The van der Waals surface area contributed by atoms with Crippen LogP contribution in [0.4, 0.5) is 0 Å². The molecule has 3 rings (SSSR count). The van der Waals surface area contributed by atoms with E-state index in [0.717, 1.165) is 29.6 Å². The van der Waals surface area contributed by atoms with E-state index in [4.69, 9.17) is 5.26 Å². The van der Waals surface area contributed by atoms with Crippen LogP contribution in [-0.2, 0) is 0 Å². The van der Waals surface area contributed by atoms with Crippen LogP contribution in [0.5, 0.6) is 0 Å². The van der Waals surface area contributed by atoms with Crippen LogP contribution in [0.2, 0.25) is 0 Å². The lowest BCUT2D eigenvalue weighted by atomic mass is 10.0. The molecule has 13 heavy (non-hydrogen) atoms. The summed E-state index contributed by atoms with van der Waals surface area (Å²) in [5.74, 6) is 5.07. The van der Waals surface area contributed by atoms with Crippen LogP contribution < -0.4 is 0 Å². The quantitative estimate of drug-likeness (QED) is 0.589. The molecule has 3 fully saturated rings. The van der Waals surface area contributed by atoms with Crippen molar-refractivity contribution in [3.63, 3.8) is 0 Å². The largest absolute Gasteiger partial charge is 0.198 e. The van der Waals surface area contributed by atoms with E-state index in [-0.39, 0.29) is 0 Å². The fourth-order valence-corrected chi connectivity index (χ4v) is 3.93. The van der Waals surface area contributed by atoms with Gasteiger partial charge in [0.1, 0.15) is 0 Å². The van der Waals surface area contributed by atoms with Crippen molar-refractivity contribution >= 4 is 0 Å². The number of nitriles is 1. The smallest absolute Gasteiger partial charge is 0.0663 e. The normalized spacial score (nSPS) is 50.8. The Morgan fingerprint density at radius 1 is 1.23 bits per heavy atom. The first-order valence-electron chi connectivity index (χ1n) is 5.45. The summed E-state index contributed by atoms with van der Waals surface area (Å²) in [6.45, 7) is 0. The number of hydrogen-bond acceptors (Lipinski definition) is 1. The molecule has 68 valence electrons. The van der Waals surface area contributed by atoms with Gasteiger partial charge in [-0.25, -0.2) is 0 Å². The molecule has 1 nitrogen and oxygen atoms in total. The number of fused-ring (bicyclic) bond motifs is 5. The minimum absolute atomic E-state index is 0.602. The molecular weight excluding hydrogens is 158 g/mol. The summed E-state index contributed by atoms with van der Waals surface area (Å²) in [7, 11) is 0. The Kier molecular flexibility index (Phi) is 1.53. The van der Waals surface area contributed by atoms with Crippen molar-refractivity contribution in [3.05, 3.63) is 12.2 Å². The Labute approximate surface area is 79.4 Å². The summed E-state index contributed by atoms with van der Waals surface area (Å²) < 4.78 is 0. The van der Waals surface area contributed by atoms with E-state index in [1.165, 1.54) is 19.3 Å². The van der Waals surface area contributed by atoms with Crippen molar-refractivity contribution in [1.29, 1.82) is 5.26 Å². The first kappa shape index (κ1) is 7.62. The lowest BCUT2D eigenvalue weighted by Crippen LogP contribution is -1.95. The van der Waals surface area contributed by atoms with Gasteiger partial charge < -0.3 is 0 Å². The molecule has 0 radical (unpaired) electrons. The second-order valence-corrected chi connectivity index (χ2v) is 4.86. The maximum absolute atomic E-state index is 8.42. The Balaban J connectivity index is 1.64. The molecule has 0 saturated heterocycles. The first-order valence-corrected chi connectivity index (χ1v) is 5.45. The average molecular weight is 173 g/mol. The van der Waals surface area contributed by atoms with Crippen molar-refractivity contribution < 1.29 is 0 Å². The number of hydrogen-bond donors (Lipinski definition) is 0. The van der Waals surface area contributed by atoms with Crippen LogP contribution in [0.25, 0.3) is 0 Å². The molecule has 0 heterocycles. The monoisotopic (exact) mass is 173 g/mol. The zero-order valence-electron chi connectivity index (χ0n) is 7.82. The van der Waals surface area contributed by atoms with E-state index in [9.17, 15) is 0 Å². The molecule has 2 bridgehead atoms. The van der Waals surface area contributed by atoms with Crippen molar-refractivity contribution in [2.75, 3.05) is 0 Å². The topological polar surface area (TPSA) is 23.8 Å². The Hall–Kier alpha value is -0.770. The molecule has 0 N–H and O–H groups in total. The van der Waals surface area contributed by atoms with Crippen LogP contribution in [0.15, 0.2) is 12.2 Å². The van der Waals surface area contributed by atoms with Crippen molar-refractivity contribution in [2.24, 2.45) is 29.6 Å². The summed E-state index contributed by atoms with van der Waals surface area (Å²) in [6, 6.07) is 2.17. The van der Waals surface area contributed by atoms with Gasteiger partial charge in [0.25, 0.3) is 0 Å². The highest BCUT2D eigenvalue weighted by atomic mass is 14.7. The maximum atomic E-state index is 8.42. The Morgan fingerprint density at radius 2 is 1.92 bits per heavy atom. The molecular formula is C12H15N. The zero-order chi connectivity index (χ0) is 8.84. The van der Waals surface area contributed by atoms with Crippen LogP contribution in [0.1, 0.15) is 25.7 Å². The molecule has 0 aliphatic heterocycles. The summed E-state index contributed by atoms with van der Waals surface area (Å²) >= 11 is 0. The molecule has 0 amide bonds. The van der Waals surface area contributed by atoms with E-state index in [0.29, 0.717) is 6.42 Å². The molecule has 1 heteroatoms. The Bertz CT molecular complexity index is 270. The van der Waals surface area contributed by atoms with Gasteiger partial charge in [-0.3, -0.25) is 0 Å². The highest BCUT2D eigenvalue weighted by Crippen LogP contribution is 2.69. The molecule has 1 unspecified atom stereocenters. The summed E-state index contributed by atoms with van der Waals surface area (Å²) in [6.07, 6.45) is 9.51. The van der Waals surface area contributed by atoms with Crippen LogP contribution in [0, 0.1) is 40.9 Å². The molecule has 3 aliphatic rings. The maximum Gasteiger partial charge on any atom is 0.0663 e. The lowest BCUT2D eigenvalue weighted by molar-refractivity contribution is 0.456. The van der Waals surface area contributed by atoms with Gasteiger partial charge in [0.2, 0.25) is 0 Å². The fraction of sp³-hybridized carbons (Fsp3) is 0.750. The van der Waals surface area contributed by atoms with E-state index in [1.54, 1.807) is 0 Å². The summed E-state index contributed by atoms with van der Waals surface area (Å²) in [5.41, 5.74) is 0. The minimum atomic E-state index is 0.602. The number of rotatable bonds is 2. The third-order valence-corrected chi connectivity index (χ3v) is 4.36. The summed E-state index contributed by atoms with van der Waals surface area (Å²) in [5, 5.41) is 8.42. The first-order chi connectivity index (χ1) is 6.42. The van der Waals surface area contributed by atoms with E-state index in [1.807, 2.05) is 0 Å². The summed E-state index contributed by atoms with van der Waals surface area (Å²) in [4.78, 5) is 0. The molecule has 3 saturated carbocycles. The van der Waals surface area contributed by atoms with E-state index in [2.05, 4.69) is 18.2 Å². The third kappa shape index (κ3) is 0.981. The molecule has 0 aromatic rings. The minimum Gasteiger partial charge on any atom is -0.198 e. The molecule has 3 aliphatic carbocycles. The van der Waals surface area contributed by atoms with Gasteiger partial charge in [0.15, 0.2) is 0 Å². The van der Waals surface area contributed by atoms with Crippen LogP contribution in [-0.4, -0.2) is 0 Å². The standard InChI is InChI=1S/C12H15N/c13-6-2-1-3-10-11-8-4-5-9(7-8)12(10)11/h1,3,8-12H,2,4-5,7H2/b3-1-/t8-,9+,10?,11-,12+. The molecule has 0 aromatic heterocycles. The highest BCUT2D eigenvalue weighted by molar-refractivity contribution is 5.19. The van der Waals surface area contributed by atoms with Crippen LogP contribution >= 0.6 is 0 Å². The van der Waals surface area contributed by atoms with Gasteiger partial charge in [-0.1, -0.05) is 12.2 Å². The van der Waals surface area contributed by atoms with Crippen molar-refractivity contribution in [2.45, 2.75) is 25.7 Å². The van der Waals surface area contributed by atoms with E-state index < -0.39 is 0 Å². The SMILES string of the molecule is N#CC/C=C\C1[C@@H]2[C@H]3CC[C@H](C3)[C@H]12. The second kappa shape index (κ2) is 2.61. The Morgan fingerprint density at radius 3 is 2.54 bits per heavy atom. The third-order valence-electron chi connectivity index (χ3n) is 4.36. The van der Waals surface area contributed by atoms with Gasteiger partial charge in [-0.05, 0) is 48.9 Å². The van der Waals surface area contributed by atoms with Crippen molar-refractivity contribution in [3.8, 4) is 6.07 Å². The fourth-order valence-electron chi connectivity index (χ4n) is 3.93. The highest BCUT2D eigenvalue weighted by Gasteiger charge is 2.63. The van der Waals surface area contributed by atoms with E-state index >= 15 is 0 Å². The van der Waals surface area contributed by atoms with Gasteiger partial charge in [0, 0.05) is 0 Å². The number of nitrogens with zero attached hydrogens (tertiary/aromatic N) is 1.